The van der Waals surface area contributed by atoms with Gasteiger partial charge in [-0.1, -0.05) is 0 Å². The van der Waals surface area contributed by atoms with Crippen LogP contribution >= 0.6 is 0 Å². The maximum absolute atomic E-state index is 13.7. The minimum Gasteiger partial charge on any atom is -0.493 e. The third kappa shape index (κ3) is 2.33. The Balaban J connectivity index is 2.38. The van der Waals surface area contributed by atoms with E-state index in [4.69, 9.17) is 10.5 Å². The van der Waals surface area contributed by atoms with E-state index in [1.165, 1.54) is 13.2 Å². The van der Waals surface area contributed by atoms with E-state index in [1.54, 1.807) is 0 Å². The van der Waals surface area contributed by atoms with E-state index < -0.39 is 11.6 Å². The molecule has 1 aromatic rings. The van der Waals surface area contributed by atoms with Crippen LogP contribution in [0.25, 0.3) is 0 Å². The van der Waals surface area contributed by atoms with E-state index >= 15 is 0 Å². The summed E-state index contributed by atoms with van der Waals surface area (Å²) in [6.45, 7) is 1.42. The Morgan fingerprint density at radius 3 is 2.72 bits per heavy atom. The summed E-state index contributed by atoms with van der Waals surface area (Å²) >= 11 is 0. The minimum atomic E-state index is -0.655. The molecule has 2 N–H and O–H groups in total. The highest BCUT2D eigenvalue weighted by Crippen LogP contribution is 2.39. The summed E-state index contributed by atoms with van der Waals surface area (Å²) in [5.41, 5.74) is 6.22. The van der Waals surface area contributed by atoms with Gasteiger partial charge in [0.2, 0.25) is 0 Å². The van der Waals surface area contributed by atoms with Crippen LogP contribution in [0.1, 0.15) is 18.0 Å². The molecule has 2 unspecified atom stereocenters. The molecule has 5 heteroatoms. The van der Waals surface area contributed by atoms with Crippen LogP contribution in [0, 0.1) is 17.6 Å². The summed E-state index contributed by atoms with van der Waals surface area (Å²) in [7, 11) is 3.33. The second kappa shape index (κ2) is 5.20. The number of halogens is 2. The Morgan fingerprint density at radius 1 is 1.44 bits per heavy atom. The zero-order chi connectivity index (χ0) is 13.3. The molecule has 0 spiro atoms. The molecular weight excluding hydrogens is 238 g/mol. The van der Waals surface area contributed by atoms with Crippen molar-refractivity contribution in [2.24, 2.45) is 11.7 Å². The second-order valence-corrected chi connectivity index (χ2v) is 4.80. The number of methoxy groups -OCH3 is 1. The lowest BCUT2D eigenvalue weighted by Crippen LogP contribution is -2.21. The van der Waals surface area contributed by atoms with Crippen molar-refractivity contribution in [3.63, 3.8) is 0 Å². The fraction of sp³-hybridized carbons (Fsp3) is 0.538. The van der Waals surface area contributed by atoms with Crippen molar-refractivity contribution < 1.29 is 13.5 Å². The fourth-order valence-electron chi connectivity index (χ4n) is 2.68. The topological polar surface area (TPSA) is 38.5 Å². The standard InChI is InChI=1S/C13H18F2N2O/c1-17-7-8(6-16)3-12(17)10-4-9(14)5-11(15)13(10)18-2/h4-5,8,12H,3,6-7,16H2,1-2H3. The first-order valence-electron chi connectivity index (χ1n) is 6.00. The SMILES string of the molecule is COc1c(F)cc(F)cc1C1CC(CN)CN1C. The molecule has 1 saturated heterocycles. The molecule has 2 atom stereocenters. The first-order valence-corrected chi connectivity index (χ1v) is 6.00. The van der Waals surface area contributed by atoms with Crippen LogP contribution in [0.5, 0.6) is 5.75 Å². The van der Waals surface area contributed by atoms with E-state index in [2.05, 4.69) is 4.90 Å². The zero-order valence-corrected chi connectivity index (χ0v) is 10.6. The van der Waals surface area contributed by atoms with Crippen LogP contribution in [-0.2, 0) is 0 Å². The highest BCUT2D eigenvalue weighted by atomic mass is 19.1. The summed E-state index contributed by atoms with van der Waals surface area (Å²) < 4.78 is 32.1. The predicted octanol–water partition coefficient (Wildman–Crippen LogP) is 1.92. The lowest BCUT2D eigenvalue weighted by Gasteiger charge is -2.22. The van der Waals surface area contributed by atoms with Gasteiger partial charge in [-0.25, -0.2) is 8.78 Å². The number of ether oxygens (including phenoxy) is 1. The first-order chi connectivity index (χ1) is 8.56. The molecule has 3 nitrogen and oxygen atoms in total. The van der Waals surface area contributed by atoms with Gasteiger partial charge in [-0.05, 0) is 32.0 Å². The summed E-state index contributed by atoms with van der Waals surface area (Å²) in [6.07, 6.45) is 0.798. The van der Waals surface area contributed by atoms with Crippen LogP contribution < -0.4 is 10.5 Å². The van der Waals surface area contributed by atoms with E-state index in [0.29, 0.717) is 18.0 Å². The third-order valence-corrected chi connectivity index (χ3v) is 3.57. The van der Waals surface area contributed by atoms with Crippen molar-refractivity contribution in [1.82, 2.24) is 4.90 Å². The maximum Gasteiger partial charge on any atom is 0.168 e. The maximum atomic E-state index is 13.7. The number of hydrogen-bond donors (Lipinski definition) is 1. The van der Waals surface area contributed by atoms with Crippen molar-refractivity contribution in [3.05, 3.63) is 29.3 Å². The van der Waals surface area contributed by atoms with Gasteiger partial charge in [0, 0.05) is 24.2 Å². The molecular formula is C13H18F2N2O. The summed E-state index contributed by atoms with van der Waals surface area (Å²) in [5, 5.41) is 0. The Morgan fingerprint density at radius 2 is 2.17 bits per heavy atom. The Labute approximate surface area is 106 Å². The normalized spacial score (nSPS) is 24.5. The number of nitrogens with two attached hydrogens (primary N) is 1. The van der Waals surface area contributed by atoms with Gasteiger partial charge in [0.15, 0.2) is 11.6 Å². The Kier molecular flexibility index (Phi) is 3.82. The molecule has 0 aromatic heterocycles. The van der Waals surface area contributed by atoms with Gasteiger partial charge in [0.1, 0.15) is 5.82 Å². The molecule has 2 rings (SSSR count). The molecule has 1 fully saturated rings. The highest BCUT2D eigenvalue weighted by molar-refractivity contribution is 5.38. The molecule has 100 valence electrons. The average Bonchev–Trinajstić information content (AvgIpc) is 2.69. The predicted molar refractivity (Wildman–Crippen MR) is 65.4 cm³/mol. The smallest absolute Gasteiger partial charge is 0.168 e. The van der Waals surface area contributed by atoms with Crippen LogP contribution in [0.4, 0.5) is 8.78 Å². The van der Waals surface area contributed by atoms with Gasteiger partial charge in [-0.3, -0.25) is 4.90 Å². The number of likely N-dealkylation sites (tertiary alicyclic amines) is 1. The molecule has 0 radical (unpaired) electrons. The van der Waals surface area contributed by atoms with Crippen molar-refractivity contribution >= 4 is 0 Å². The van der Waals surface area contributed by atoms with Crippen molar-refractivity contribution in [3.8, 4) is 5.75 Å². The van der Waals surface area contributed by atoms with E-state index in [0.717, 1.165) is 19.0 Å². The average molecular weight is 256 g/mol. The molecule has 0 amide bonds. The van der Waals surface area contributed by atoms with Gasteiger partial charge >= 0.3 is 0 Å². The quantitative estimate of drug-likeness (QED) is 0.898. The van der Waals surface area contributed by atoms with Crippen molar-refractivity contribution in [2.45, 2.75) is 12.5 Å². The van der Waals surface area contributed by atoms with E-state index in [9.17, 15) is 8.78 Å². The largest absolute Gasteiger partial charge is 0.493 e. The summed E-state index contributed by atoms with van der Waals surface area (Å²) in [4.78, 5) is 2.06. The summed E-state index contributed by atoms with van der Waals surface area (Å²) in [6, 6.07) is 2.15. The van der Waals surface area contributed by atoms with Gasteiger partial charge in [0.25, 0.3) is 0 Å². The fourth-order valence-corrected chi connectivity index (χ4v) is 2.68. The van der Waals surface area contributed by atoms with Crippen LogP contribution in [0.15, 0.2) is 12.1 Å². The van der Waals surface area contributed by atoms with Crippen LogP contribution in [0.3, 0.4) is 0 Å². The van der Waals surface area contributed by atoms with Crippen LogP contribution in [0.2, 0.25) is 0 Å². The number of benzene rings is 1. The number of rotatable bonds is 3. The second-order valence-electron chi connectivity index (χ2n) is 4.80. The van der Waals surface area contributed by atoms with Crippen molar-refractivity contribution in [1.29, 1.82) is 0 Å². The Bertz CT molecular complexity index is 439. The molecule has 18 heavy (non-hydrogen) atoms. The van der Waals surface area contributed by atoms with Gasteiger partial charge in [0.05, 0.1) is 7.11 Å². The van der Waals surface area contributed by atoms with E-state index in [-0.39, 0.29) is 11.8 Å². The van der Waals surface area contributed by atoms with Crippen molar-refractivity contribution in [2.75, 3.05) is 27.2 Å². The summed E-state index contributed by atoms with van der Waals surface area (Å²) in [5.74, 6) is -0.744. The molecule has 1 aliphatic heterocycles. The molecule has 1 heterocycles. The monoisotopic (exact) mass is 256 g/mol. The van der Waals surface area contributed by atoms with Crippen LogP contribution in [-0.4, -0.2) is 32.1 Å². The van der Waals surface area contributed by atoms with Gasteiger partial charge in [-0.2, -0.15) is 0 Å². The zero-order valence-electron chi connectivity index (χ0n) is 10.6. The van der Waals surface area contributed by atoms with E-state index in [1.807, 2.05) is 7.05 Å². The number of hydrogen-bond acceptors (Lipinski definition) is 3. The third-order valence-electron chi connectivity index (χ3n) is 3.57. The molecule has 1 aromatic carbocycles. The molecule has 0 bridgehead atoms. The first kappa shape index (κ1) is 13.2. The minimum absolute atomic E-state index is 0.0429. The highest BCUT2D eigenvalue weighted by Gasteiger charge is 2.32. The Hall–Kier alpha value is -1.20. The molecule has 0 aliphatic carbocycles. The number of nitrogens with zero attached hydrogens (tertiary/aromatic N) is 1. The van der Waals surface area contributed by atoms with Gasteiger partial charge < -0.3 is 10.5 Å². The molecule has 0 saturated carbocycles. The molecule has 1 aliphatic rings. The lowest BCUT2D eigenvalue weighted by atomic mass is 9.99. The van der Waals surface area contributed by atoms with Gasteiger partial charge in [-0.15, -0.1) is 0 Å². The lowest BCUT2D eigenvalue weighted by molar-refractivity contribution is 0.297.